The van der Waals surface area contributed by atoms with Gasteiger partial charge >= 0.3 is 0 Å². The molecule has 0 radical (unpaired) electrons. The highest BCUT2D eigenvalue weighted by Gasteiger charge is 2.10. The molecule has 16 heavy (non-hydrogen) atoms. The number of hydrogen-bond donors (Lipinski definition) is 0. The van der Waals surface area contributed by atoms with Crippen LogP contribution in [0, 0.1) is 0 Å². The Morgan fingerprint density at radius 2 is 1.81 bits per heavy atom. The Labute approximate surface area is 106 Å². The molecular formula is C13H25ClN2. The highest BCUT2D eigenvalue weighted by Crippen LogP contribution is 2.02. The Kier molecular flexibility index (Phi) is 8.36. The predicted molar refractivity (Wildman–Crippen MR) is 63.8 cm³/mol. The molecule has 0 bridgehead atoms. The van der Waals surface area contributed by atoms with E-state index in [9.17, 15) is 0 Å². The van der Waals surface area contributed by atoms with Crippen molar-refractivity contribution in [2.75, 3.05) is 0 Å². The molecule has 0 saturated carbocycles. The maximum Gasteiger partial charge on any atom is 0.243 e. The van der Waals surface area contributed by atoms with Crippen LogP contribution < -0.4 is 17.0 Å². The number of imidazole rings is 1. The molecule has 1 aromatic rings. The second-order valence-corrected chi connectivity index (χ2v) is 4.22. The molecule has 0 unspecified atom stereocenters. The fourth-order valence-electron chi connectivity index (χ4n) is 1.87. The van der Waals surface area contributed by atoms with Gasteiger partial charge in [0, 0.05) is 6.42 Å². The van der Waals surface area contributed by atoms with Gasteiger partial charge in [0.25, 0.3) is 0 Å². The molecular weight excluding hydrogens is 220 g/mol. The van der Waals surface area contributed by atoms with Crippen LogP contribution in [0.5, 0.6) is 0 Å². The Morgan fingerprint density at radius 3 is 2.38 bits per heavy atom. The van der Waals surface area contributed by atoms with Crippen LogP contribution >= 0.6 is 0 Å². The van der Waals surface area contributed by atoms with Crippen LogP contribution in [0.1, 0.15) is 52.1 Å². The largest absolute Gasteiger partial charge is 1.00 e. The van der Waals surface area contributed by atoms with Gasteiger partial charge in [0.05, 0.1) is 13.1 Å². The third kappa shape index (κ3) is 4.56. The van der Waals surface area contributed by atoms with Crippen LogP contribution in [-0.4, -0.2) is 4.57 Å². The monoisotopic (exact) mass is 244 g/mol. The van der Waals surface area contributed by atoms with Crippen molar-refractivity contribution in [3.63, 3.8) is 0 Å². The van der Waals surface area contributed by atoms with Crippen molar-refractivity contribution in [3.05, 3.63) is 18.2 Å². The lowest BCUT2D eigenvalue weighted by Gasteiger charge is -1.95. The number of aryl methyl sites for hydroxylation is 3. The van der Waals surface area contributed by atoms with Crippen LogP contribution in [0.4, 0.5) is 0 Å². The summed E-state index contributed by atoms with van der Waals surface area (Å²) in [6.07, 6.45) is 11.0. The number of halogens is 1. The summed E-state index contributed by atoms with van der Waals surface area (Å²) in [5.74, 6) is 0. The first kappa shape index (κ1) is 15.5. The van der Waals surface area contributed by atoms with E-state index in [1.165, 1.54) is 44.3 Å². The second kappa shape index (κ2) is 8.63. The predicted octanol–water partition coefficient (Wildman–Crippen LogP) is -0.0578. The highest BCUT2D eigenvalue weighted by atomic mass is 35.5. The topological polar surface area (TPSA) is 8.81 Å². The maximum absolute atomic E-state index is 2.38. The summed E-state index contributed by atoms with van der Waals surface area (Å²) >= 11 is 0. The molecule has 0 aliphatic rings. The summed E-state index contributed by atoms with van der Waals surface area (Å²) in [6.45, 7) is 8.99. The summed E-state index contributed by atoms with van der Waals surface area (Å²) in [6, 6.07) is 0. The molecule has 0 amide bonds. The molecule has 1 rings (SSSR count). The Morgan fingerprint density at radius 1 is 1.12 bits per heavy atom. The van der Waals surface area contributed by atoms with Crippen LogP contribution in [0.2, 0.25) is 0 Å². The molecule has 0 saturated heterocycles. The molecule has 1 aromatic heterocycles. The number of rotatable bonds is 7. The first-order valence-corrected chi connectivity index (χ1v) is 6.39. The van der Waals surface area contributed by atoms with Crippen LogP contribution in [0.25, 0.3) is 0 Å². The van der Waals surface area contributed by atoms with Crippen molar-refractivity contribution in [2.24, 2.45) is 0 Å². The van der Waals surface area contributed by atoms with Crippen molar-refractivity contribution in [1.82, 2.24) is 4.57 Å². The Balaban J connectivity index is 0.00000225. The number of unbranched alkanes of at least 4 members (excludes halogenated alkanes) is 2. The van der Waals surface area contributed by atoms with E-state index in [0.717, 1.165) is 6.54 Å². The van der Waals surface area contributed by atoms with Gasteiger partial charge in [-0.2, -0.15) is 0 Å². The van der Waals surface area contributed by atoms with Crippen molar-refractivity contribution < 1.29 is 17.0 Å². The van der Waals surface area contributed by atoms with Gasteiger partial charge in [-0.05, 0) is 19.8 Å². The SMILES string of the molecule is CCCCc1cn(CCCC)c[n+]1CC.[Cl-]. The van der Waals surface area contributed by atoms with Gasteiger partial charge in [0.15, 0.2) is 0 Å². The maximum atomic E-state index is 2.38. The van der Waals surface area contributed by atoms with Crippen molar-refractivity contribution in [2.45, 2.75) is 66.0 Å². The lowest BCUT2D eigenvalue weighted by Crippen LogP contribution is -3.00. The molecule has 2 nitrogen and oxygen atoms in total. The number of aromatic nitrogens is 2. The molecule has 0 aliphatic carbocycles. The van der Waals surface area contributed by atoms with E-state index in [1.807, 2.05) is 0 Å². The van der Waals surface area contributed by atoms with Gasteiger partial charge in [-0.15, -0.1) is 0 Å². The van der Waals surface area contributed by atoms with E-state index in [0.29, 0.717) is 0 Å². The molecule has 1 heterocycles. The minimum atomic E-state index is 0. The molecule has 3 heteroatoms. The zero-order valence-electron chi connectivity index (χ0n) is 10.9. The number of nitrogens with zero attached hydrogens (tertiary/aromatic N) is 2. The van der Waals surface area contributed by atoms with Gasteiger partial charge in [-0.3, -0.25) is 0 Å². The zero-order chi connectivity index (χ0) is 11.1. The Bertz CT molecular complexity index is 281. The molecule has 0 spiro atoms. The van der Waals surface area contributed by atoms with Crippen LogP contribution in [0.15, 0.2) is 12.5 Å². The van der Waals surface area contributed by atoms with Gasteiger partial charge in [0.2, 0.25) is 6.33 Å². The summed E-state index contributed by atoms with van der Waals surface area (Å²) in [4.78, 5) is 0. The van der Waals surface area contributed by atoms with Gasteiger partial charge in [-0.25, -0.2) is 9.13 Å². The van der Waals surface area contributed by atoms with E-state index in [2.05, 4.69) is 42.4 Å². The fourth-order valence-corrected chi connectivity index (χ4v) is 1.87. The minimum absolute atomic E-state index is 0. The molecule has 0 aliphatic heterocycles. The number of hydrogen-bond acceptors (Lipinski definition) is 0. The Hall–Kier alpha value is -0.500. The third-order valence-electron chi connectivity index (χ3n) is 2.87. The summed E-state index contributed by atoms with van der Waals surface area (Å²) < 4.78 is 4.73. The van der Waals surface area contributed by atoms with E-state index in [1.54, 1.807) is 0 Å². The molecule has 0 N–H and O–H groups in total. The van der Waals surface area contributed by atoms with E-state index >= 15 is 0 Å². The average molecular weight is 245 g/mol. The standard InChI is InChI=1S/C13H25N2.ClH/c1-4-7-9-13-11-14(10-8-5-2)12-15(13)6-3;/h11-12H,4-10H2,1-3H3;1H/q+1;/p-1. The molecule has 94 valence electrons. The van der Waals surface area contributed by atoms with Gasteiger partial charge < -0.3 is 12.4 Å². The molecule has 0 fully saturated rings. The van der Waals surface area contributed by atoms with Crippen molar-refractivity contribution >= 4 is 0 Å². The quantitative estimate of drug-likeness (QED) is 0.595. The van der Waals surface area contributed by atoms with E-state index in [4.69, 9.17) is 0 Å². The first-order valence-electron chi connectivity index (χ1n) is 6.39. The van der Waals surface area contributed by atoms with Crippen LogP contribution in [-0.2, 0) is 19.5 Å². The van der Waals surface area contributed by atoms with E-state index < -0.39 is 0 Å². The summed E-state index contributed by atoms with van der Waals surface area (Å²) in [7, 11) is 0. The fraction of sp³-hybridized carbons (Fsp3) is 0.769. The third-order valence-corrected chi connectivity index (χ3v) is 2.87. The lowest BCUT2D eigenvalue weighted by molar-refractivity contribution is -0.700. The first-order chi connectivity index (χ1) is 7.31. The van der Waals surface area contributed by atoms with Crippen molar-refractivity contribution in [1.29, 1.82) is 0 Å². The molecule has 0 atom stereocenters. The van der Waals surface area contributed by atoms with Gasteiger partial charge in [-0.1, -0.05) is 26.7 Å². The zero-order valence-corrected chi connectivity index (χ0v) is 11.6. The van der Waals surface area contributed by atoms with Gasteiger partial charge in [0.1, 0.15) is 11.9 Å². The van der Waals surface area contributed by atoms with Crippen LogP contribution in [0.3, 0.4) is 0 Å². The van der Waals surface area contributed by atoms with Crippen molar-refractivity contribution in [3.8, 4) is 0 Å². The highest BCUT2D eigenvalue weighted by molar-refractivity contribution is 4.89. The van der Waals surface area contributed by atoms with E-state index in [-0.39, 0.29) is 12.4 Å². The normalized spacial score (nSPS) is 10.2. The average Bonchev–Trinajstić information content (AvgIpc) is 2.66. The summed E-state index contributed by atoms with van der Waals surface area (Å²) in [5, 5.41) is 0. The minimum Gasteiger partial charge on any atom is -1.00 e. The lowest BCUT2D eigenvalue weighted by atomic mass is 10.2. The second-order valence-electron chi connectivity index (χ2n) is 4.22. The molecule has 0 aromatic carbocycles. The summed E-state index contributed by atoms with van der Waals surface area (Å²) in [5.41, 5.74) is 1.50. The smallest absolute Gasteiger partial charge is 0.243 e.